The summed E-state index contributed by atoms with van der Waals surface area (Å²) in [7, 11) is 0. The zero-order valence-corrected chi connectivity index (χ0v) is 11.6. The van der Waals surface area contributed by atoms with Crippen LogP contribution in [0.3, 0.4) is 0 Å². The van der Waals surface area contributed by atoms with Crippen LogP contribution in [-0.2, 0) is 0 Å². The van der Waals surface area contributed by atoms with Gasteiger partial charge in [-0.2, -0.15) is 0 Å². The van der Waals surface area contributed by atoms with Gasteiger partial charge in [0.25, 0.3) is 0 Å². The van der Waals surface area contributed by atoms with Crippen LogP contribution >= 0.6 is 0 Å². The van der Waals surface area contributed by atoms with E-state index in [4.69, 9.17) is 5.73 Å². The zero-order chi connectivity index (χ0) is 14.1. The van der Waals surface area contributed by atoms with Gasteiger partial charge in [0.1, 0.15) is 0 Å². The lowest BCUT2D eigenvalue weighted by Gasteiger charge is -2.28. The molecule has 5 nitrogen and oxygen atoms in total. The standard InChI is InChI=1S/C15H21N3O2/c16-11-4-5-13(15(19)20)14(9-11)18-8-2-7-17-6-1-3-12(17)10-18/h4-5,9,12H,1-3,6-8,10,16H2,(H,19,20). The molecule has 0 spiro atoms. The van der Waals surface area contributed by atoms with Crippen LogP contribution in [0.4, 0.5) is 11.4 Å². The molecule has 1 aromatic rings. The normalized spacial score (nSPS) is 23.4. The van der Waals surface area contributed by atoms with E-state index in [2.05, 4.69) is 9.80 Å². The molecule has 108 valence electrons. The summed E-state index contributed by atoms with van der Waals surface area (Å²) in [6.07, 6.45) is 3.53. The van der Waals surface area contributed by atoms with Gasteiger partial charge >= 0.3 is 5.97 Å². The molecule has 0 aliphatic carbocycles. The van der Waals surface area contributed by atoms with Gasteiger partial charge < -0.3 is 15.7 Å². The molecule has 3 rings (SSSR count). The first-order valence-electron chi connectivity index (χ1n) is 7.27. The minimum atomic E-state index is -0.882. The molecular weight excluding hydrogens is 254 g/mol. The van der Waals surface area contributed by atoms with Gasteiger partial charge in [-0.05, 0) is 44.0 Å². The number of carboxylic acids is 1. The fourth-order valence-electron chi connectivity index (χ4n) is 3.42. The quantitative estimate of drug-likeness (QED) is 0.803. The Morgan fingerprint density at radius 2 is 2.05 bits per heavy atom. The summed E-state index contributed by atoms with van der Waals surface area (Å²) >= 11 is 0. The van der Waals surface area contributed by atoms with Crippen molar-refractivity contribution in [3.05, 3.63) is 23.8 Å². The lowest BCUT2D eigenvalue weighted by molar-refractivity contribution is 0.0697. The van der Waals surface area contributed by atoms with Crippen molar-refractivity contribution >= 4 is 17.3 Å². The monoisotopic (exact) mass is 275 g/mol. The van der Waals surface area contributed by atoms with E-state index in [-0.39, 0.29) is 0 Å². The fraction of sp³-hybridized carbons (Fsp3) is 0.533. The molecule has 1 aromatic carbocycles. The number of fused-ring (bicyclic) bond motifs is 1. The third-order valence-electron chi connectivity index (χ3n) is 4.40. The van der Waals surface area contributed by atoms with Crippen LogP contribution in [0.5, 0.6) is 0 Å². The number of benzene rings is 1. The number of aromatic carboxylic acids is 1. The van der Waals surface area contributed by atoms with Crippen molar-refractivity contribution < 1.29 is 9.90 Å². The number of nitrogen functional groups attached to an aromatic ring is 1. The number of rotatable bonds is 2. The number of anilines is 2. The molecule has 0 aromatic heterocycles. The van der Waals surface area contributed by atoms with Crippen LogP contribution < -0.4 is 10.6 Å². The van der Waals surface area contributed by atoms with Crippen molar-refractivity contribution in [3.63, 3.8) is 0 Å². The Kier molecular flexibility index (Phi) is 3.53. The second-order valence-corrected chi connectivity index (χ2v) is 5.71. The van der Waals surface area contributed by atoms with Gasteiger partial charge in [0.05, 0.1) is 11.3 Å². The Hall–Kier alpha value is -1.75. The lowest BCUT2D eigenvalue weighted by atomic mass is 10.1. The van der Waals surface area contributed by atoms with Gasteiger partial charge in [0, 0.05) is 31.4 Å². The third-order valence-corrected chi connectivity index (χ3v) is 4.40. The van der Waals surface area contributed by atoms with Crippen molar-refractivity contribution in [2.75, 3.05) is 36.8 Å². The van der Waals surface area contributed by atoms with Gasteiger partial charge in [-0.1, -0.05) is 0 Å². The van der Waals surface area contributed by atoms with Crippen LogP contribution in [0.25, 0.3) is 0 Å². The summed E-state index contributed by atoms with van der Waals surface area (Å²) in [6.45, 7) is 4.10. The van der Waals surface area contributed by atoms with E-state index >= 15 is 0 Å². The van der Waals surface area contributed by atoms with Crippen molar-refractivity contribution in [1.29, 1.82) is 0 Å². The Morgan fingerprint density at radius 1 is 1.25 bits per heavy atom. The zero-order valence-electron chi connectivity index (χ0n) is 11.6. The van der Waals surface area contributed by atoms with Gasteiger partial charge in [0.15, 0.2) is 0 Å². The summed E-state index contributed by atoms with van der Waals surface area (Å²) < 4.78 is 0. The second kappa shape index (κ2) is 5.32. The molecule has 3 N–H and O–H groups in total. The highest BCUT2D eigenvalue weighted by Crippen LogP contribution is 2.28. The van der Waals surface area contributed by atoms with Crippen molar-refractivity contribution in [2.24, 2.45) is 0 Å². The van der Waals surface area contributed by atoms with E-state index in [0.29, 0.717) is 17.3 Å². The summed E-state index contributed by atoms with van der Waals surface area (Å²) in [6, 6.07) is 5.63. The highest BCUT2D eigenvalue weighted by atomic mass is 16.4. The average Bonchev–Trinajstić information content (AvgIpc) is 2.75. The maximum atomic E-state index is 11.4. The van der Waals surface area contributed by atoms with Gasteiger partial charge in [-0.25, -0.2) is 4.79 Å². The number of carbonyl (C=O) groups is 1. The largest absolute Gasteiger partial charge is 0.478 e. The van der Waals surface area contributed by atoms with E-state index in [1.807, 2.05) is 0 Å². The van der Waals surface area contributed by atoms with E-state index in [0.717, 1.165) is 31.7 Å². The van der Waals surface area contributed by atoms with Crippen LogP contribution in [0.1, 0.15) is 29.6 Å². The Balaban J connectivity index is 1.91. The molecule has 2 saturated heterocycles. The number of hydrogen-bond acceptors (Lipinski definition) is 4. The summed E-state index contributed by atoms with van der Waals surface area (Å²) in [4.78, 5) is 16.2. The van der Waals surface area contributed by atoms with Crippen LogP contribution in [0.2, 0.25) is 0 Å². The average molecular weight is 275 g/mol. The van der Waals surface area contributed by atoms with E-state index < -0.39 is 5.97 Å². The first kappa shape index (κ1) is 13.2. The molecule has 1 atom stereocenters. The Morgan fingerprint density at radius 3 is 2.85 bits per heavy atom. The summed E-state index contributed by atoms with van der Waals surface area (Å²) in [5, 5.41) is 9.37. The molecular formula is C15H21N3O2. The van der Waals surface area contributed by atoms with E-state index in [1.165, 1.54) is 19.4 Å². The Bertz CT molecular complexity index is 518. The highest BCUT2D eigenvalue weighted by molar-refractivity contribution is 5.95. The first-order valence-corrected chi connectivity index (χ1v) is 7.27. The smallest absolute Gasteiger partial charge is 0.337 e. The number of nitrogens with two attached hydrogens (primary N) is 1. The maximum Gasteiger partial charge on any atom is 0.337 e. The molecule has 0 bridgehead atoms. The predicted molar refractivity (Wildman–Crippen MR) is 79.2 cm³/mol. The fourth-order valence-corrected chi connectivity index (χ4v) is 3.42. The number of carboxylic acid groups (broad SMARTS) is 1. The second-order valence-electron chi connectivity index (χ2n) is 5.71. The van der Waals surface area contributed by atoms with Crippen molar-refractivity contribution in [2.45, 2.75) is 25.3 Å². The summed E-state index contributed by atoms with van der Waals surface area (Å²) in [5.41, 5.74) is 7.59. The van der Waals surface area contributed by atoms with Gasteiger partial charge in [0.2, 0.25) is 0 Å². The molecule has 2 aliphatic heterocycles. The topological polar surface area (TPSA) is 69.8 Å². The first-order chi connectivity index (χ1) is 9.65. The van der Waals surface area contributed by atoms with Crippen LogP contribution in [0, 0.1) is 0 Å². The highest BCUT2D eigenvalue weighted by Gasteiger charge is 2.30. The van der Waals surface area contributed by atoms with Gasteiger partial charge in [-0.15, -0.1) is 0 Å². The van der Waals surface area contributed by atoms with Crippen LogP contribution in [0.15, 0.2) is 18.2 Å². The molecule has 0 saturated carbocycles. The van der Waals surface area contributed by atoms with E-state index in [1.54, 1.807) is 18.2 Å². The van der Waals surface area contributed by atoms with Crippen molar-refractivity contribution in [1.82, 2.24) is 4.90 Å². The lowest BCUT2D eigenvalue weighted by Crippen LogP contribution is -2.37. The van der Waals surface area contributed by atoms with E-state index in [9.17, 15) is 9.90 Å². The predicted octanol–water partition coefficient (Wildman–Crippen LogP) is 1.64. The SMILES string of the molecule is Nc1ccc(C(=O)O)c(N2CCCN3CCCC3C2)c1. The molecule has 1 unspecified atom stereocenters. The molecule has 0 amide bonds. The van der Waals surface area contributed by atoms with Crippen LogP contribution in [-0.4, -0.2) is 48.2 Å². The maximum absolute atomic E-state index is 11.4. The molecule has 0 radical (unpaired) electrons. The van der Waals surface area contributed by atoms with Gasteiger partial charge in [-0.3, -0.25) is 4.90 Å². The molecule has 2 aliphatic rings. The third kappa shape index (κ3) is 2.45. The number of hydrogen-bond donors (Lipinski definition) is 2. The molecule has 2 fully saturated rings. The minimum Gasteiger partial charge on any atom is -0.478 e. The van der Waals surface area contributed by atoms with Crippen molar-refractivity contribution in [3.8, 4) is 0 Å². The summed E-state index contributed by atoms with van der Waals surface area (Å²) in [5.74, 6) is -0.882. The molecule has 20 heavy (non-hydrogen) atoms. The Labute approximate surface area is 119 Å². The minimum absolute atomic E-state index is 0.352. The molecule has 5 heteroatoms. The molecule has 2 heterocycles. The number of nitrogens with zero attached hydrogens (tertiary/aromatic N) is 2.